The molecule has 0 aliphatic rings. The Bertz CT molecular complexity index is 553. The van der Waals surface area contributed by atoms with Crippen molar-refractivity contribution in [1.29, 1.82) is 0 Å². The Labute approximate surface area is 109 Å². The summed E-state index contributed by atoms with van der Waals surface area (Å²) in [7, 11) is 0. The van der Waals surface area contributed by atoms with Crippen LogP contribution in [0.1, 0.15) is 11.3 Å². The molecular formula is C12H14N4OS. The van der Waals surface area contributed by atoms with Crippen molar-refractivity contribution in [2.24, 2.45) is 0 Å². The van der Waals surface area contributed by atoms with Gasteiger partial charge in [-0.05, 0) is 11.6 Å². The van der Waals surface area contributed by atoms with E-state index < -0.39 is 0 Å². The van der Waals surface area contributed by atoms with Crippen LogP contribution in [0, 0.1) is 0 Å². The molecule has 0 atom stereocenters. The fraction of sp³-hybridized carbons (Fsp3) is 0.167. The first-order chi connectivity index (χ1) is 8.65. The lowest BCUT2D eigenvalue weighted by Gasteiger charge is -2.06. The van der Waals surface area contributed by atoms with Crippen LogP contribution in [-0.4, -0.2) is 10.9 Å². The third kappa shape index (κ3) is 3.21. The van der Waals surface area contributed by atoms with Crippen molar-refractivity contribution >= 4 is 28.1 Å². The highest BCUT2D eigenvalue weighted by atomic mass is 32.1. The molecular weight excluding hydrogens is 248 g/mol. The molecule has 1 amide bonds. The standard InChI is InChI=1S/C12H14N4OS/c13-10-4-2-1-3-8(10)6-15-11(17)5-9-7-18-12(14)16-9/h1-4,7H,5-6,13H2,(H2,14,16)(H,15,17). The average molecular weight is 262 g/mol. The van der Waals surface area contributed by atoms with Gasteiger partial charge in [-0.1, -0.05) is 18.2 Å². The highest BCUT2D eigenvalue weighted by molar-refractivity contribution is 7.13. The maximum Gasteiger partial charge on any atom is 0.226 e. The summed E-state index contributed by atoms with van der Waals surface area (Å²) in [5.41, 5.74) is 13.6. The minimum Gasteiger partial charge on any atom is -0.398 e. The van der Waals surface area contributed by atoms with Gasteiger partial charge < -0.3 is 16.8 Å². The first-order valence-corrected chi connectivity index (χ1v) is 6.33. The minimum absolute atomic E-state index is 0.0939. The molecule has 0 spiro atoms. The van der Waals surface area contributed by atoms with Gasteiger partial charge in [-0.2, -0.15) is 0 Å². The van der Waals surface area contributed by atoms with E-state index in [0.29, 0.717) is 23.1 Å². The number of hydrogen-bond donors (Lipinski definition) is 3. The molecule has 2 aromatic rings. The van der Waals surface area contributed by atoms with Crippen molar-refractivity contribution < 1.29 is 4.79 Å². The molecule has 18 heavy (non-hydrogen) atoms. The van der Waals surface area contributed by atoms with E-state index in [1.54, 1.807) is 5.38 Å². The van der Waals surface area contributed by atoms with E-state index in [9.17, 15) is 4.79 Å². The van der Waals surface area contributed by atoms with Gasteiger partial charge in [-0.15, -0.1) is 11.3 Å². The quantitative estimate of drug-likeness (QED) is 0.721. The number of nitrogen functional groups attached to an aromatic ring is 2. The van der Waals surface area contributed by atoms with Gasteiger partial charge in [0, 0.05) is 17.6 Å². The van der Waals surface area contributed by atoms with Gasteiger partial charge in [0.2, 0.25) is 5.91 Å². The van der Waals surface area contributed by atoms with Gasteiger partial charge in [0.25, 0.3) is 0 Å². The van der Waals surface area contributed by atoms with Gasteiger partial charge in [0.1, 0.15) is 0 Å². The molecule has 1 heterocycles. The largest absolute Gasteiger partial charge is 0.398 e. The van der Waals surface area contributed by atoms with E-state index in [1.165, 1.54) is 11.3 Å². The molecule has 1 aromatic heterocycles. The van der Waals surface area contributed by atoms with Gasteiger partial charge in [0.15, 0.2) is 5.13 Å². The van der Waals surface area contributed by atoms with Gasteiger partial charge >= 0.3 is 0 Å². The predicted octanol–water partition coefficient (Wildman–Crippen LogP) is 1.17. The van der Waals surface area contributed by atoms with Crippen molar-refractivity contribution in [3.8, 4) is 0 Å². The summed E-state index contributed by atoms with van der Waals surface area (Å²) >= 11 is 1.33. The number of benzene rings is 1. The van der Waals surface area contributed by atoms with Crippen molar-refractivity contribution in [3.63, 3.8) is 0 Å². The van der Waals surface area contributed by atoms with E-state index >= 15 is 0 Å². The molecule has 5 N–H and O–H groups in total. The Morgan fingerprint density at radius 2 is 2.11 bits per heavy atom. The Morgan fingerprint density at radius 1 is 1.33 bits per heavy atom. The summed E-state index contributed by atoms with van der Waals surface area (Å²) in [5, 5.41) is 5.06. The lowest BCUT2D eigenvalue weighted by molar-refractivity contribution is -0.120. The van der Waals surface area contributed by atoms with Crippen molar-refractivity contribution in [2.45, 2.75) is 13.0 Å². The zero-order valence-corrected chi connectivity index (χ0v) is 10.5. The monoisotopic (exact) mass is 262 g/mol. The molecule has 6 heteroatoms. The summed E-state index contributed by atoms with van der Waals surface area (Å²) < 4.78 is 0. The molecule has 0 radical (unpaired) electrons. The van der Waals surface area contributed by atoms with Crippen LogP contribution >= 0.6 is 11.3 Å². The number of nitrogens with zero attached hydrogens (tertiary/aromatic N) is 1. The van der Waals surface area contributed by atoms with Crippen LogP contribution in [0.4, 0.5) is 10.8 Å². The van der Waals surface area contributed by atoms with Crippen molar-refractivity contribution in [3.05, 3.63) is 40.9 Å². The highest BCUT2D eigenvalue weighted by Crippen LogP contribution is 2.12. The number of thiazole rings is 1. The van der Waals surface area contributed by atoms with Crippen LogP contribution in [-0.2, 0) is 17.8 Å². The molecule has 0 bridgehead atoms. The van der Waals surface area contributed by atoms with Crippen LogP contribution in [0.15, 0.2) is 29.6 Å². The molecule has 0 unspecified atom stereocenters. The minimum atomic E-state index is -0.0939. The summed E-state index contributed by atoms with van der Waals surface area (Å²) in [5.74, 6) is -0.0939. The number of anilines is 2. The average Bonchev–Trinajstić information content (AvgIpc) is 2.74. The first kappa shape index (κ1) is 12.4. The predicted molar refractivity (Wildman–Crippen MR) is 72.9 cm³/mol. The van der Waals surface area contributed by atoms with E-state index in [-0.39, 0.29) is 12.3 Å². The van der Waals surface area contributed by atoms with Gasteiger partial charge in [0.05, 0.1) is 12.1 Å². The fourth-order valence-corrected chi connectivity index (χ4v) is 2.08. The van der Waals surface area contributed by atoms with E-state index in [0.717, 1.165) is 5.56 Å². The molecule has 1 aromatic carbocycles. The Kier molecular flexibility index (Phi) is 3.78. The molecule has 0 aliphatic heterocycles. The van der Waals surface area contributed by atoms with Crippen LogP contribution < -0.4 is 16.8 Å². The SMILES string of the molecule is Nc1nc(CC(=O)NCc2ccccc2N)cs1. The van der Waals surface area contributed by atoms with E-state index in [1.807, 2.05) is 24.3 Å². The Morgan fingerprint density at radius 3 is 2.78 bits per heavy atom. The fourth-order valence-electron chi connectivity index (χ4n) is 1.52. The van der Waals surface area contributed by atoms with Gasteiger partial charge in [-0.3, -0.25) is 4.79 Å². The zero-order chi connectivity index (χ0) is 13.0. The van der Waals surface area contributed by atoms with E-state index in [4.69, 9.17) is 11.5 Å². The molecule has 0 aliphatic carbocycles. The maximum atomic E-state index is 11.7. The van der Waals surface area contributed by atoms with Crippen LogP contribution in [0.3, 0.4) is 0 Å². The summed E-state index contributed by atoms with van der Waals surface area (Å²) in [6, 6.07) is 7.44. The number of nitrogens with two attached hydrogens (primary N) is 2. The maximum absolute atomic E-state index is 11.7. The second kappa shape index (κ2) is 5.50. The van der Waals surface area contributed by atoms with Crippen LogP contribution in [0.25, 0.3) is 0 Å². The smallest absolute Gasteiger partial charge is 0.226 e. The molecule has 0 saturated carbocycles. The Balaban J connectivity index is 1.87. The topological polar surface area (TPSA) is 94.0 Å². The van der Waals surface area contributed by atoms with Crippen LogP contribution in [0.2, 0.25) is 0 Å². The number of nitrogens with one attached hydrogen (secondary N) is 1. The van der Waals surface area contributed by atoms with Crippen molar-refractivity contribution in [1.82, 2.24) is 10.3 Å². The molecule has 94 valence electrons. The molecule has 0 saturated heterocycles. The first-order valence-electron chi connectivity index (χ1n) is 5.45. The molecule has 5 nitrogen and oxygen atoms in total. The number of aromatic nitrogens is 1. The van der Waals surface area contributed by atoms with Crippen LogP contribution in [0.5, 0.6) is 0 Å². The third-order valence-electron chi connectivity index (χ3n) is 2.44. The number of para-hydroxylation sites is 1. The zero-order valence-electron chi connectivity index (χ0n) is 9.72. The molecule has 2 rings (SSSR count). The third-order valence-corrected chi connectivity index (χ3v) is 3.16. The number of rotatable bonds is 4. The number of carbonyl (C=O) groups excluding carboxylic acids is 1. The summed E-state index contributed by atoms with van der Waals surface area (Å²) in [6.07, 6.45) is 0.237. The summed E-state index contributed by atoms with van der Waals surface area (Å²) in [4.78, 5) is 15.7. The normalized spacial score (nSPS) is 10.2. The molecule has 0 fully saturated rings. The number of carbonyl (C=O) groups is 1. The number of amides is 1. The second-order valence-corrected chi connectivity index (χ2v) is 4.72. The lowest BCUT2D eigenvalue weighted by atomic mass is 10.2. The van der Waals surface area contributed by atoms with E-state index in [2.05, 4.69) is 10.3 Å². The van der Waals surface area contributed by atoms with Crippen molar-refractivity contribution in [2.75, 3.05) is 11.5 Å². The number of hydrogen-bond acceptors (Lipinski definition) is 5. The summed E-state index contributed by atoms with van der Waals surface area (Å²) in [6.45, 7) is 0.422. The Hall–Kier alpha value is -2.08. The van der Waals surface area contributed by atoms with Gasteiger partial charge in [-0.25, -0.2) is 4.98 Å². The lowest BCUT2D eigenvalue weighted by Crippen LogP contribution is -2.25. The second-order valence-electron chi connectivity index (χ2n) is 3.83. The highest BCUT2D eigenvalue weighted by Gasteiger charge is 2.07.